The Bertz CT molecular complexity index is 1040. The van der Waals surface area contributed by atoms with Gasteiger partial charge in [-0.2, -0.15) is 0 Å². The van der Waals surface area contributed by atoms with Crippen molar-refractivity contribution in [1.82, 2.24) is 10.2 Å². The average molecular weight is 459 g/mol. The molecule has 0 unspecified atom stereocenters. The molecule has 0 aliphatic heterocycles. The Labute approximate surface area is 202 Å². The van der Waals surface area contributed by atoms with Crippen molar-refractivity contribution in [2.24, 2.45) is 0 Å². The monoisotopic (exact) mass is 458 g/mol. The SMILES string of the molecule is CC[C@H](C)NC(=O)[C@H](Cc1ccccc1)N(Cc1ccc(C)cc1)C(=O)COc1ccccc1. The number of nitrogens with one attached hydrogen (secondary N) is 1. The lowest BCUT2D eigenvalue weighted by Gasteiger charge is -2.32. The zero-order valence-electron chi connectivity index (χ0n) is 20.2. The van der Waals surface area contributed by atoms with Gasteiger partial charge in [0.2, 0.25) is 5.91 Å². The molecule has 178 valence electrons. The summed E-state index contributed by atoms with van der Waals surface area (Å²) in [5, 5.41) is 3.08. The van der Waals surface area contributed by atoms with Gasteiger partial charge >= 0.3 is 0 Å². The summed E-state index contributed by atoms with van der Waals surface area (Å²) in [5.74, 6) is 0.234. The molecule has 2 atom stereocenters. The Morgan fingerprint density at radius 2 is 1.50 bits per heavy atom. The first-order valence-electron chi connectivity index (χ1n) is 11.8. The van der Waals surface area contributed by atoms with Crippen molar-refractivity contribution in [2.75, 3.05) is 6.61 Å². The summed E-state index contributed by atoms with van der Waals surface area (Å²) in [6.07, 6.45) is 1.23. The first-order chi connectivity index (χ1) is 16.5. The van der Waals surface area contributed by atoms with Crippen molar-refractivity contribution in [3.63, 3.8) is 0 Å². The Hall–Kier alpha value is -3.60. The van der Waals surface area contributed by atoms with Gasteiger partial charge in [0, 0.05) is 19.0 Å². The van der Waals surface area contributed by atoms with Crippen LogP contribution in [0.2, 0.25) is 0 Å². The van der Waals surface area contributed by atoms with Crippen LogP contribution in [0.15, 0.2) is 84.9 Å². The third-order valence-electron chi connectivity index (χ3n) is 5.85. The molecule has 3 aromatic rings. The summed E-state index contributed by atoms with van der Waals surface area (Å²) < 4.78 is 5.77. The van der Waals surface area contributed by atoms with E-state index in [0.717, 1.165) is 23.1 Å². The van der Waals surface area contributed by atoms with Crippen LogP contribution in [0.4, 0.5) is 0 Å². The predicted molar refractivity (Wildman–Crippen MR) is 135 cm³/mol. The molecule has 0 heterocycles. The molecule has 0 aromatic heterocycles. The number of para-hydroxylation sites is 1. The van der Waals surface area contributed by atoms with Crippen LogP contribution in [0.5, 0.6) is 5.75 Å². The highest BCUT2D eigenvalue weighted by atomic mass is 16.5. The molecule has 0 aliphatic carbocycles. The van der Waals surface area contributed by atoms with Gasteiger partial charge in [0.15, 0.2) is 6.61 Å². The van der Waals surface area contributed by atoms with Crippen molar-refractivity contribution in [3.8, 4) is 5.75 Å². The number of amides is 2. The topological polar surface area (TPSA) is 58.6 Å². The number of carbonyl (C=O) groups excluding carboxylic acids is 2. The van der Waals surface area contributed by atoms with E-state index in [-0.39, 0.29) is 24.5 Å². The highest BCUT2D eigenvalue weighted by Gasteiger charge is 2.31. The largest absolute Gasteiger partial charge is 0.484 e. The maximum absolute atomic E-state index is 13.5. The molecule has 0 saturated carbocycles. The molecule has 2 amide bonds. The summed E-state index contributed by atoms with van der Waals surface area (Å²) in [4.78, 5) is 28.6. The molecule has 0 fully saturated rings. The highest BCUT2D eigenvalue weighted by Crippen LogP contribution is 2.17. The summed E-state index contributed by atoms with van der Waals surface area (Å²) in [5.41, 5.74) is 3.11. The van der Waals surface area contributed by atoms with Gasteiger partial charge < -0.3 is 15.0 Å². The minimum atomic E-state index is -0.662. The van der Waals surface area contributed by atoms with E-state index >= 15 is 0 Å². The molecule has 5 heteroatoms. The molecule has 0 radical (unpaired) electrons. The van der Waals surface area contributed by atoms with E-state index in [9.17, 15) is 9.59 Å². The fourth-order valence-corrected chi connectivity index (χ4v) is 3.63. The van der Waals surface area contributed by atoms with Crippen molar-refractivity contribution >= 4 is 11.8 Å². The lowest BCUT2D eigenvalue weighted by atomic mass is 10.0. The van der Waals surface area contributed by atoms with Crippen LogP contribution in [0.25, 0.3) is 0 Å². The van der Waals surface area contributed by atoms with E-state index in [0.29, 0.717) is 18.7 Å². The van der Waals surface area contributed by atoms with Crippen molar-refractivity contribution < 1.29 is 14.3 Å². The lowest BCUT2D eigenvalue weighted by molar-refractivity contribution is -0.143. The molecule has 0 spiro atoms. The summed E-state index contributed by atoms with van der Waals surface area (Å²) in [6.45, 7) is 6.21. The maximum Gasteiger partial charge on any atom is 0.261 e. The summed E-state index contributed by atoms with van der Waals surface area (Å²) >= 11 is 0. The maximum atomic E-state index is 13.5. The van der Waals surface area contributed by atoms with Crippen LogP contribution in [0.1, 0.15) is 37.0 Å². The third-order valence-corrected chi connectivity index (χ3v) is 5.85. The van der Waals surface area contributed by atoms with E-state index in [1.807, 2.05) is 106 Å². The first-order valence-corrected chi connectivity index (χ1v) is 11.8. The fraction of sp³-hybridized carbons (Fsp3) is 0.310. The Balaban J connectivity index is 1.90. The van der Waals surface area contributed by atoms with E-state index in [4.69, 9.17) is 4.74 Å². The molecule has 5 nitrogen and oxygen atoms in total. The number of nitrogens with zero attached hydrogens (tertiary/aromatic N) is 1. The molecule has 0 saturated heterocycles. The van der Waals surface area contributed by atoms with Crippen LogP contribution >= 0.6 is 0 Å². The number of hydrogen-bond donors (Lipinski definition) is 1. The second-order valence-corrected chi connectivity index (χ2v) is 8.63. The minimum absolute atomic E-state index is 0.0164. The zero-order chi connectivity index (χ0) is 24.3. The molecular formula is C29H34N2O3. The Morgan fingerprint density at radius 3 is 2.12 bits per heavy atom. The van der Waals surface area contributed by atoms with E-state index < -0.39 is 6.04 Å². The Morgan fingerprint density at radius 1 is 0.882 bits per heavy atom. The average Bonchev–Trinajstić information content (AvgIpc) is 2.87. The van der Waals surface area contributed by atoms with Gasteiger partial charge in [0.1, 0.15) is 11.8 Å². The molecule has 1 N–H and O–H groups in total. The number of rotatable bonds is 11. The number of benzene rings is 3. The van der Waals surface area contributed by atoms with Crippen molar-refractivity contribution in [1.29, 1.82) is 0 Å². The van der Waals surface area contributed by atoms with Gasteiger partial charge in [-0.1, -0.05) is 85.3 Å². The van der Waals surface area contributed by atoms with Crippen LogP contribution in [-0.4, -0.2) is 35.4 Å². The second kappa shape index (κ2) is 12.6. The minimum Gasteiger partial charge on any atom is -0.484 e. The predicted octanol–water partition coefficient (Wildman–Crippen LogP) is 4.93. The third kappa shape index (κ3) is 7.48. The molecule has 0 aliphatic rings. The normalized spacial score (nSPS) is 12.4. The van der Waals surface area contributed by atoms with Crippen LogP contribution in [0.3, 0.4) is 0 Å². The van der Waals surface area contributed by atoms with Gasteiger partial charge in [-0.3, -0.25) is 9.59 Å². The van der Waals surface area contributed by atoms with Gasteiger partial charge in [-0.25, -0.2) is 0 Å². The summed E-state index contributed by atoms with van der Waals surface area (Å²) in [7, 11) is 0. The quantitative estimate of drug-likeness (QED) is 0.443. The van der Waals surface area contributed by atoms with Gasteiger partial charge in [-0.05, 0) is 43.5 Å². The Kier molecular flexibility index (Phi) is 9.27. The molecular weight excluding hydrogens is 424 g/mol. The number of aryl methyl sites for hydroxylation is 1. The first kappa shape index (κ1) is 25.0. The van der Waals surface area contributed by atoms with Gasteiger partial charge in [-0.15, -0.1) is 0 Å². The van der Waals surface area contributed by atoms with E-state index in [1.165, 1.54) is 0 Å². The zero-order valence-corrected chi connectivity index (χ0v) is 20.2. The van der Waals surface area contributed by atoms with Gasteiger partial charge in [0.05, 0.1) is 0 Å². The standard InChI is InChI=1S/C29H34N2O3/c1-4-23(3)30-29(33)27(19-24-11-7-5-8-12-24)31(20-25-17-15-22(2)16-18-25)28(32)21-34-26-13-9-6-10-14-26/h5-18,23,27H,4,19-21H2,1-3H3,(H,30,33)/t23-,27-/m0/s1. The van der Waals surface area contributed by atoms with E-state index in [2.05, 4.69) is 5.32 Å². The van der Waals surface area contributed by atoms with Crippen LogP contribution in [-0.2, 0) is 22.6 Å². The molecule has 0 bridgehead atoms. The van der Waals surface area contributed by atoms with Gasteiger partial charge in [0.25, 0.3) is 5.91 Å². The number of hydrogen-bond acceptors (Lipinski definition) is 3. The highest BCUT2D eigenvalue weighted by molar-refractivity contribution is 5.88. The summed E-state index contributed by atoms with van der Waals surface area (Å²) in [6, 6.07) is 26.4. The molecule has 3 rings (SSSR count). The lowest BCUT2D eigenvalue weighted by Crippen LogP contribution is -2.53. The van der Waals surface area contributed by atoms with Crippen molar-refractivity contribution in [2.45, 2.75) is 52.2 Å². The molecule has 34 heavy (non-hydrogen) atoms. The fourth-order valence-electron chi connectivity index (χ4n) is 3.63. The van der Waals surface area contributed by atoms with E-state index in [1.54, 1.807) is 4.90 Å². The smallest absolute Gasteiger partial charge is 0.261 e. The van der Waals surface area contributed by atoms with Crippen LogP contribution in [0, 0.1) is 6.92 Å². The van der Waals surface area contributed by atoms with Crippen LogP contribution < -0.4 is 10.1 Å². The second-order valence-electron chi connectivity index (χ2n) is 8.63. The number of carbonyl (C=O) groups is 2. The van der Waals surface area contributed by atoms with Crippen molar-refractivity contribution in [3.05, 3.63) is 102 Å². The number of ether oxygens (including phenoxy) is 1. The molecule has 3 aromatic carbocycles.